The van der Waals surface area contributed by atoms with Crippen LogP contribution in [0.4, 0.5) is 0 Å². The van der Waals surface area contributed by atoms with Gasteiger partial charge < -0.3 is 14.8 Å². The average Bonchev–Trinajstić information content (AvgIpc) is 2.50. The van der Waals surface area contributed by atoms with Crippen molar-refractivity contribution in [2.45, 2.75) is 23.4 Å². The van der Waals surface area contributed by atoms with Crippen LogP contribution in [-0.4, -0.2) is 25.2 Å². The van der Waals surface area contributed by atoms with E-state index < -0.39 is 0 Å². The maximum absolute atomic E-state index is 5.62. The second-order valence-electron chi connectivity index (χ2n) is 4.90. The molecule has 4 nitrogen and oxygen atoms in total. The van der Waals surface area contributed by atoms with Gasteiger partial charge in [-0.3, -0.25) is 0 Å². The van der Waals surface area contributed by atoms with Gasteiger partial charge in [0.05, 0.1) is 0 Å². The predicted octanol–water partition coefficient (Wildman–Crippen LogP) is 3.03. The third kappa shape index (κ3) is 3.31. The van der Waals surface area contributed by atoms with Crippen molar-refractivity contribution in [3.05, 3.63) is 41.6 Å². The summed E-state index contributed by atoms with van der Waals surface area (Å²) >= 11 is 1.65. The van der Waals surface area contributed by atoms with Crippen molar-refractivity contribution in [3.8, 4) is 11.5 Å². The number of benzene rings is 1. The van der Waals surface area contributed by atoms with Crippen molar-refractivity contribution in [3.63, 3.8) is 0 Å². The zero-order valence-corrected chi connectivity index (χ0v) is 13.0. The number of aryl methyl sites for hydroxylation is 1. The first-order chi connectivity index (χ1) is 10.3. The zero-order chi connectivity index (χ0) is 14.7. The van der Waals surface area contributed by atoms with Crippen molar-refractivity contribution in [1.29, 1.82) is 0 Å². The van der Waals surface area contributed by atoms with Gasteiger partial charge in [-0.1, -0.05) is 17.8 Å². The van der Waals surface area contributed by atoms with Crippen LogP contribution in [0.5, 0.6) is 11.5 Å². The van der Waals surface area contributed by atoms with Crippen LogP contribution in [0.15, 0.2) is 40.4 Å². The normalized spacial score (nSPS) is 13.2. The smallest absolute Gasteiger partial charge is 0.162 e. The second-order valence-corrected chi connectivity index (χ2v) is 5.97. The van der Waals surface area contributed by atoms with Crippen molar-refractivity contribution in [2.75, 3.05) is 20.3 Å². The number of nitrogens with one attached hydrogen (secondary N) is 1. The molecule has 21 heavy (non-hydrogen) atoms. The van der Waals surface area contributed by atoms with E-state index in [0.717, 1.165) is 28.0 Å². The molecule has 2 aromatic rings. The third-order valence-corrected chi connectivity index (χ3v) is 4.31. The van der Waals surface area contributed by atoms with Gasteiger partial charge in [0, 0.05) is 17.6 Å². The van der Waals surface area contributed by atoms with Crippen molar-refractivity contribution in [1.82, 2.24) is 10.3 Å². The minimum absolute atomic E-state index is 0.608. The van der Waals surface area contributed by atoms with E-state index in [1.807, 2.05) is 31.4 Å². The third-order valence-electron chi connectivity index (χ3n) is 3.20. The molecular formula is C16H18N2O2S. The molecule has 0 spiro atoms. The number of rotatable bonds is 4. The first-order valence-corrected chi connectivity index (χ1v) is 7.75. The van der Waals surface area contributed by atoms with Crippen molar-refractivity contribution >= 4 is 11.8 Å². The Balaban J connectivity index is 1.80. The van der Waals surface area contributed by atoms with Crippen LogP contribution in [0.3, 0.4) is 0 Å². The Morgan fingerprint density at radius 3 is 2.76 bits per heavy atom. The number of nitrogens with zero attached hydrogens (tertiary/aromatic N) is 1. The molecule has 0 saturated heterocycles. The molecule has 3 rings (SSSR count). The predicted molar refractivity (Wildman–Crippen MR) is 83.3 cm³/mol. The van der Waals surface area contributed by atoms with E-state index in [-0.39, 0.29) is 0 Å². The second kappa shape index (κ2) is 6.37. The summed E-state index contributed by atoms with van der Waals surface area (Å²) in [6.45, 7) is 4.15. The number of aromatic nitrogens is 1. The van der Waals surface area contributed by atoms with Crippen LogP contribution in [0, 0.1) is 6.92 Å². The highest BCUT2D eigenvalue weighted by Gasteiger charge is 2.13. The number of hydrogen-bond acceptors (Lipinski definition) is 5. The minimum Gasteiger partial charge on any atom is -0.486 e. The topological polar surface area (TPSA) is 43.4 Å². The summed E-state index contributed by atoms with van der Waals surface area (Å²) in [5, 5.41) is 4.16. The van der Waals surface area contributed by atoms with Gasteiger partial charge in [0.2, 0.25) is 0 Å². The van der Waals surface area contributed by atoms with Crippen molar-refractivity contribution in [2.24, 2.45) is 0 Å². The van der Waals surface area contributed by atoms with Crippen LogP contribution in [-0.2, 0) is 6.54 Å². The fourth-order valence-electron chi connectivity index (χ4n) is 2.23. The molecule has 1 aromatic carbocycles. The molecular weight excluding hydrogens is 284 g/mol. The molecule has 2 heterocycles. The van der Waals surface area contributed by atoms with E-state index >= 15 is 0 Å². The lowest BCUT2D eigenvalue weighted by Crippen LogP contribution is -2.15. The molecule has 0 unspecified atom stereocenters. The Morgan fingerprint density at radius 1 is 1.19 bits per heavy atom. The van der Waals surface area contributed by atoms with E-state index in [9.17, 15) is 0 Å². The molecule has 0 aliphatic carbocycles. The van der Waals surface area contributed by atoms with E-state index in [4.69, 9.17) is 9.47 Å². The van der Waals surface area contributed by atoms with E-state index in [2.05, 4.69) is 23.3 Å². The van der Waals surface area contributed by atoms with E-state index in [1.54, 1.807) is 11.8 Å². The van der Waals surface area contributed by atoms with Crippen LogP contribution >= 0.6 is 11.8 Å². The first kappa shape index (κ1) is 14.2. The van der Waals surface area contributed by atoms with Gasteiger partial charge in [-0.05, 0) is 43.3 Å². The fourth-order valence-corrected chi connectivity index (χ4v) is 3.08. The molecule has 1 aromatic heterocycles. The van der Waals surface area contributed by atoms with Crippen LogP contribution in [0.1, 0.15) is 11.1 Å². The molecule has 5 heteroatoms. The van der Waals surface area contributed by atoms with Gasteiger partial charge in [0.1, 0.15) is 18.2 Å². The molecule has 0 fully saturated rings. The Morgan fingerprint density at radius 2 is 2.00 bits per heavy atom. The van der Waals surface area contributed by atoms with Crippen molar-refractivity contribution < 1.29 is 9.47 Å². The van der Waals surface area contributed by atoms with E-state index in [1.165, 1.54) is 11.1 Å². The Hall–Kier alpha value is -1.72. The Kier molecular flexibility index (Phi) is 4.31. The van der Waals surface area contributed by atoms with Gasteiger partial charge in [-0.15, -0.1) is 0 Å². The number of hydrogen-bond donors (Lipinski definition) is 1. The lowest BCUT2D eigenvalue weighted by atomic mass is 10.2. The summed E-state index contributed by atoms with van der Waals surface area (Å²) < 4.78 is 11.2. The molecule has 1 aliphatic rings. The molecule has 0 atom stereocenters. The number of ether oxygens (including phenoxy) is 2. The van der Waals surface area contributed by atoms with Gasteiger partial charge in [0.25, 0.3) is 0 Å². The minimum atomic E-state index is 0.608. The van der Waals surface area contributed by atoms with Gasteiger partial charge in [-0.25, -0.2) is 4.98 Å². The summed E-state index contributed by atoms with van der Waals surface area (Å²) in [5.74, 6) is 1.63. The summed E-state index contributed by atoms with van der Waals surface area (Å²) in [6.07, 6.45) is 1.92. The van der Waals surface area contributed by atoms with Gasteiger partial charge in [0.15, 0.2) is 11.5 Å². The quantitative estimate of drug-likeness (QED) is 0.940. The molecule has 0 radical (unpaired) electrons. The first-order valence-electron chi connectivity index (χ1n) is 6.94. The zero-order valence-electron chi connectivity index (χ0n) is 12.2. The molecule has 0 saturated carbocycles. The maximum Gasteiger partial charge on any atom is 0.162 e. The van der Waals surface area contributed by atoms with Gasteiger partial charge in [-0.2, -0.15) is 0 Å². The molecule has 110 valence electrons. The lowest BCUT2D eigenvalue weighted by molar-refractivity contribution is 0.171. The highest BCUT2D eigenvalue weighted by Crippen LogP contribution is 2.37. The summed E-state index contributed by atoms with van der Waals surface area (Å²) in [6, 6.07) is 8.19. The number of pyridine rings is 1. The molecule has 1 N–H and O–H groups in total. The van der Waals surface area contributed by atoms with Crippen LogP contribution in [0.25, 0.3) is 0 Å². The summed E-state index contributed by atoms with van der Waals surface area (Å²) in [4.78, 5) is 5.66. The van der Waals surface area contributed by atoms with Gasteiger partial charge >= 0.3 is 0 Å². The Labute approximate surface area is 128 Å². The monoisotopic (exact) mass is 302 g/mol. The molecule has 0 bridgehead atoms. The van der Waals surface area contributed by atoms with E-state index in [0.29, 0.717) is 13.2 Å². The van der Waals surface area contributed by atoms with Crippen LogP contribution in [0.2, 0.25) is 0 Å². The van der Waals surface area contributed by atoms with Crippen LogP contribution < -0.4 is 14.8 Å². The fraction of sp³-hybridized carbons (Fsp3) is 0.312. The lowest BCUT2D eigenvalue weighted by Gasteiger charge is -2.18. The SMILES string of the molecule is CNCc1cnc(Sc2ccc3c(c2)OCCO3)c(C)c1. The average molecular weight is 302 g/mol. The highest BCUT2D eigenvalue weighted by molar-refractivity contribution is 7.99. The molecule has 1 aliphatic heterocycles. The highest BCUT2D eigenvalue weighted by atomic mass is 32.2. The Bertz CT molecular complexity index is 646. The standard InChI is InChI=1S/C16H18N2O2S/c1-11-7-12(9-17-2)10-18-16(11)21-13-3-4-14-15(8-13)20-6-5-19-14/h3-4,7-8,10,17H,5-6,9H2,1-2H3. The number of fused-ring (bicyclic) bond motifs is 1. The summed E-state index contributed by atoms with van der Waals surface area (Å²) in [5.41, 5.74) is 2.38. The maximum atomic E-state index is 5.62. The summed E-state index contributed by atoms with van der Waals surface area (Å²) in [7, 11) is 1.94. The largest absolute Gasteiger partial charge is 0.486 e. The molecule has 0 amide bonds.